The van der Waals surface area contributed by atoms with Gasteiger partial charge in [0.25, 0.3) is 0 Å². The second kappa shape index (κ2) is 5.71. The quantitative estimate of drug-likeness (QED) is 0.784. The number of nitrogens with zero attached hydrogens (tertiary/aromatic N) is 5. The first-order chi connectivity index (χ1) is 9.76. The molecule has 20 heavy (non-hydrogen) atoms. The lowest BCUT2D eigenvalue weighted by Crippen LogP contribution is -2.48. The molecule has 0 spiro atoms. The summed E-state index contributed by atoms with van der Waals surface area (Å²) in [6, 6.07) is 5.85. The Morgan fingerprint density at radius 1 is 1.25 bits per heavy atom. The van der Waals surface area contributed by atoms with Crippen LogP contribution in [0.15, 0.2) is 23.3 Å². The van der Waals surface area contributed by atoms with Gasteiger partial charge in [0.2, 0.25) is 0 Å². The molecule has 1 atom stereocenters. The minimum atomic E-state index is 0.609. The molecule has 1 aromatic rings. The monoisotopic (exact) mass is 287 g/mol. The highest BCUT2D eigenvalue weighted by molar-refractivity contribution is 8.14. The van der Waals surface area contributed by atoms with Gasteiger partial charge < -0.3 is 9.80 Å². The van der Waals surface area contributed by atoms with Crippen LogP contribution in [0.5, 0.6) is 0 Å². The van der Waals surface area contributed by atoms with E-state index in [-0.39, 0.29) is 0 Å². The predicted molar refractivity (Wildman–Crippen MR) is 82.1 cm³/mol. The number of hydrogen-bond donors (Lipinski definition) is 0. The van der Waals surface area contributed by atoms with Gasteiger partial charge in [-0.1, -0.05) is 18.7 Å². The molecule has 0 unspecified atom stereocenters. The second-order valence-electron chi connectivity index (χ2n) is 5.04. The Hall–Kier alpha value is -1.74. The Kier molecular flexibility index (Phi) is 3.79. The summed E-state index contributed by atoms with van der Waals surface area (Å²) in [5.41, 5.74) is 0.609. The first-order valence-corrected chi connectivity index (χ1v) is 7.71. The standard InChI is InChI=1S/C14H17N5S/c1-11-9-17-14(20-11)19-6-4-18(5-7-19)13-3-2-12(8-15)10-16-13/h2-3,10-11H,4-7,9H2,1H3/t11-/m1/s1. The highest BCUT2D eigenvalue weighted by Crippen LogP contribution is 2.24. The van der Waals surface area contributed by atoms with E-state index in [1.807, 2.05) is 23.9 Å². The molecule has 1 saturated heterocycles. The van der Waals surface area contributed by atoms with Crippen LogP contribution in [0.1, 0.15) is 12.5 Å². The number of thioether (sulfide) groups is 1. The van der Waals surface area contributed by atoms with Gasteiger partial charge in [0.05, 0.1) is 12.1 Å². The fourth-order valence-electron chi connectivity index (χ4n) is 2.40. The molecule has 5 nitrogen and oxygen atoms in total. The van der Waals surface area contributed by atoms with Gasteiger partial charge in [-0.2, -0.15) is 5.26 Å². The first-order valence-electron chi connectivity index (χ1n) is 6.83. The van der Waals surface area contributed by atoms with Gasteiger partial charge in [-0.3, -0.25) is 4.99 Å². The highest BCUT2D eigenvalue weighted by atomic mass is 32.2. The molecule has 3 heterocycles. The van der Waals surface area contributed by atoms with Crippen molar-refractivity contribution in [3.8, 4) is 6.07 Å². The molecule has 2 aliphatic heterocycles. The van der Waals surface area contributed by atoms with Gasteiger partial charge in [0.15, 0.2) is 5.17 Å². The number of amidine groups is 1. The van der Waals surface area contributed by atoms with E-state index in [1.165, 1.54) is 5.17 Å². The smallest absolute Gasteiger partial charge is 0.159 e. The molecular weight excluding hydrogens is 270 g/mol. The lowest BCUT2D eigenvalue weighted by molar-refractivity contribution is 0.391. The van der Waals surface area contributed by atoms with E-state index in [9.17, 15) is 0 Å². The number of anilines is 1. The van der Waals surface area contributed by atoms with E-state index in [4.69, 9.17) is 5.26 Å². The molecular formula is C14H17N5S. The number of aromatic nitrogens is 1. The topological polar surface area (TPSA) is 55.5 Å². The van der Waals surface area contributed by atoms with Crippen molar-refractivity contribution >= 4 is 22.7 Å². The van der Waals surface area contributed by atoms with Crippen molar-refractivity contribution < 1.29 is 0 Å². The molecule has 1 fully saturated rings. The minimum absolute atomic E-state index is 0.609. The molecule has 6 heteroatoms. The van der Waals surface area contributed by atoms with Crippen LogP contribution in [0.2, 0.25) is 0 Å². The molecule has 0 radical (unpaired) electrons. The molecule has 0 bridgehead atoms. The molecule has 104 valence electrons. The summed E-state index contributed by atoms with van der Waals surface area (Å²) in [7, 11) is 0. The number of aliphatic imine (C=N–C) groups is 1. The van der Waals surface area contributed by atoms with Gasteiger partial charge in [-0.25, -0.2) is 4.98 Å². The SMILES string of the molecule is C[C@@H]1CN=C(N2CCN(c3ccc(C#N)cn3)CC2)S1. The zero-order valence-corrected chi connectivity index (χ0v) is 12.3. The lowest BCUT2D eigenvalue weighted by Gasteiger charge is -2.36. The zero-order valence-electron chi connectivity index (χ0n) is 11.5. The number of hydrogen-bond acceptors (Lipinski definition) is 6. The van der Waals surface area contributed by atoms with Crippen molar-refractivity contribution in [3.05, 3.63) is 23.9 Å². The normalized spacial score (nSPS) is 22.6. The Morgan fingerprint density at radius 2 is 2.00 bits per heavy atom. The summed E-state index contributed by atoms with van der Waals surface area (Å²) >= 11 is 1.88. The van der Waals surface area contributed by atoms with E-state index in [2.05, 4.69) is 32.8 Å². The fraction of sp³-hybridized carbons (Fsp3) is 0.500. The largest absolute Gasteiger partial charge is 0.353 e. The molecule has 2 aliphatic rings. The Morgan fingerprint density at radius 3 is 2.55 bits per heavy atom. The average molecular weight is 287 g/mol. The van der Waals surface area contributed by atoms with Gasteiger partial charge in [-0.05, 0) is 12.1 Å². The molecule has 0 aromatic carbocycles. The van der Waals surface area contributed by atoms with Crippen molar-refractivity contribution in [1.29, 1.82) is 5.26 Å². The molecule has 0 aliphatic carbocycles. The van der Waals surface area contributed by atoms with Gasteiger partial charge >= 0.3 is 0 Å². The zero-order chi connectivity index (χ0) is 13.9. The number of piperazine rings is 1. The summed E-state index contributed by atoms with van der Waals surface area (Å²) < 4.78 is 0. The minimum Gasteiger partial charge on any atom is -0.353 e. The van der Waals surface area contributed by atoms with Crippen molar-refractivity contribution in [1.82, 2.24) is 9.88 Å². The maximum Gasteiger partial charge on any atom is 0.159 e. The number of pyridine rings is 1. The predicted octanol–water partition coefficient (Wildman–Crippen LogP) is 1.57. The summed E-state index contributed by atoms with van der Waals surface area (Å²) in [5, 5.41) is 10.6. The third-order valence-corrected chi connectivity index (χ3v) is 4.69. The van der Waals surface area contributed by atoms with Crippen LogP contribution in [0, 0.1) is 11.3 Å². The van der Waals surface area contributed by atoms with Crippen molar-refractivity contribution in [2.24, 2.45) is 4.99 Å². The number of nitriles is 1. The maximum atomic E-state index is 8.79. The third kappa shape index (κ3) is 2.73. The Bertz CT molecular complexity index is 540. The fourth-order valence-corrected chi connectivity index (χ4v) is 3.39. The summed E-state index contributed by atoms with van der Waals surface area (Å²) in [6.07, 6.45) is 1.64. The number of rotatable bonds is 1. The Balaban J connectivity index is 1.59. The van der Waals surface area contributed by atoms with Crippen molar-refractivity contribution in [2.45, 2.75) is 12.2 Å². The van der Waals surface area contributed by atoms with Crippen molar-refractivity contribution in [3.63, 3.8) is 0 Å². The average Bonchev–Trinajstić information content (AvgIpc) is 2.94. The Labute approximate surface area is 123 Å². The van der Waals surface area contributed by atoms with Crippen LogP contribution in [0.4, 0.5) is 5.82 Å². The molecule has 0 saturated carbocycles. The summed E-state index contributed by atoms with van der Waals surface area (Å²) in [6.45, 7) is 7.04. The van der Waals surface area contributed by atoms with E-state index >= 15 is 0 Å². The van der Waals surface area contributed by atoms with Crippen LogP contribution in [0.3, 0.4) is 0 Å². The highest BCUT2D eigenvalue weighted by Gasteiger charge is 2.25. The molecule has 1 aromatic heterocycles. The second-order valence-corrected chi connectivity index (χ2v) is 6.45. The van der Waals surface area contributed by atoms with E-state index in [1.54, 1.807) is 6.20 Å². The van der Waals surface area contributed by atoms with E-state index < -0.39 is 0 Å². The van der Waals surface area contributed by atoms with Crippen molar-refractivity contribution in [2.75, 3.05) is 37.6 Å². The van der Waals surface area contributed by atoms with E-state index in [0.29, 0.717) is 10.8 Å². The third-order valence-electron chi connectivity index (χ3n) is 3.54. The van der Waals surface area contributed by atoms with Crippen LogP contribution < -0.4 is 4.90 Å². The summed E-state index contributed by atoms with van der Waals surface area (Å²) in [5.74, 6) is 0.957. The van der Waals surface area contributed by atoms with E-state index in [0.717, 1.165) is 38.5 Å². The van der Waals surface area contributed by atoms with Gasteiger partial charge in [-0.15, -0.1) is 0 Å². The first kappa shape index (κ1) is 13.3. The molecule has 0 N–H and O–H groups in total. The van der Waals surface area contributed by atoms with Crippen LogP contribution in [0.25, 0.3) is 0 Å². The van der Waals surface area contributed by atoms with Gasteiger partial charge in [0, 0.05) is 37.6 Å². The van der Waals surface area contributed by atoms with Gasteiger partial charge in [0.1, 0.15) is 11.9 Å². The van der Waals surface area contributed by atoms with Crippen LogP contribution in [-0.2, 0) is 0 Å². The maximum absolute atomic E-state index is 8.79. The van der Waals surface area contributed by atoms with Crippen LogP contribution >= 0.6 is 11.8 Å². The molecule has 0 amide bonds. The summed E-state index contributed by atoms with van der Waals surface area (Å²) in [4.78, 5) is 13.6. The lowest BCUT2D eigenvalue weighted by atomic mass is 10.3. The molecule has 3 rings (SSSR count). The van der Waals surface area contributed by atoms with Crippen LogP contribution in [-0.4, -0.2) is 53.0 Å².